The van der Waals surface area contributed by atoms with Crippen molar-refractivity contribution in [3.8, 4) is 17.1 Å². The minimum Gasteiger partial charge on any atom is -0.449 e. The molecule has 0 radical (unpaired) electrons. The zero-order chi connectivity index (χ0) is 15.1. The van der Waals surface area contributed by atoms with Gasteiger partial charge in [0.1, 0.15) is 11.3 Å². The highest BCUT2D eigenvalue weighted by molar-refractivity contribution is 5.88. The van der Waals surface area contributed by atoms with E-state index in [4.69, 9.17) is 9.84 Å². The first kappa shape index (κ1) is 12.4. The SMILES string of the molecule is O=C(O)Oc1cccc2[nH]c(-c3ccc4nc[nH]c4c3)nc12. The fraction of sp³-hybridized carbons (Fsp3) is 0. The highest BCUT2D eigenvalue weighted by atomic mass is 16.7. The molecular formula is C15H10N4O3. The number of aromatic amines is 2. The van der Waals surface area contributed by atoms with Crippen LogP contribution in [0.5, 0.6) is 5.75 Å². The summed E-state index contributed by atoms with van der Waals surface area (Å²) in [5.74, 6) is 0.836. The van der Waals surface area contributed by atoms with Crippen LogP contribution in [0.3, 0.4) is 0 Å². The lowest BCUT2D eigenvalue weighted by atomic mass is 10.2. The molecule has 0 aliphatic rings. The van der Waals surface area contributed by atoms with Gasteiger partial charge in [-0.1, -0.05) is 6.07 Å². The van der Waals surface area contributed by atoms with Gasteiger partial charge < -0.3 is 19.8 Å². The van der Waals surface area contributed by atoms with E-state index in [0.29, 0.717) is 16.9 Å². The van der Waals surface area contributed by atoms with Gasteiger partial charge >= 0.3 is 6.16 Å². The molecule has 0 fully saturated rings. The number of hydrogen-bond donors (Lipinski definition) is 3. The number of imidazole rings is 2. The van der Waals surface area contributed by atoms with Crippen LogP contribution in [0.1, 0.15) is 0 Å². The summed E-state index contributed by atoms with van der Waals surface area (Å²) in [5.41, 5.74) is 3.83. The molecule has 7 nitrogen and oxygen atoms in total. The number of carboxylic acid groups (broad SMARTS) is 1. The van der Waals surface area contributed by atoms with Crippen molar-refractivity contribution in [3.63, 3.8) is 0 Å². The summed E-state index contributed by atoms with van der Waals surface area (Å²) in [5, 5.41) is 8.77. The second kappa shape index (κ2) is 4.59. The van der Waals surface area contributed by atoms with Crippen LogP contribution in [0.15, 0.2) is 42.7 Å². The number of hydrogen-bond acceptors (Lipinski definition) is 4. The number of rotatable bonds is 2. The molecule has 22 heavy (non-hydrogen) atoms. The molecule has 0 spiro atoms. The molecular weight excluding hydrogens is 284 g/mol. The van der Waals surface area contributed by atoms with Crippen LogP contribution < -0.4 is 4.74 Å². The highest BCUT2D eigenvalue weighted by Crippen LogP contribution is 2.28. The Kier molecular flexibility index (Phi) is 2.59. The van der Waals surface area contributed by atoms with Gasteiger partial charge in [0.15, 0.2) is 5.75 Å². The average molecular weight is 294 g/mol. The third-order valence-corrected chi connectivity index (χ3v) is 3.37. The number of benzene rings is 2. The van der Waals surface area contributed by atoms with Crippen molar-refractivity contribution in [1.82, 2.24) is 19.9 Å². The molecule has 3 N–H and O–H groups in total. The third-order valence-electron chi connectivity index (χ3n) is 3.37. The van der Waals surface area contributed by atoms with E-state index in [1.807, 2.05) is 24.3 Å². The first-order chi connectivity index (χ1) is 10.7. The van der Waals surface area contributed by atoms with Gasteiger partial charge in [-0.3, -0.25) is 0 Å². The summed E-state index contributed by atoms with van der Waals surface area (Å²) in [7, 11) is 0. The zero-order valence-corrected chi connectivity index (χ0v) is 11.2. The second-order valence-electron chi connectivity index (χ2n) is 4.74. The van der Waals surface area contributed by atoms with Gasteiger partial charge in [0.05, 0.1) is 22.9 Å². The number of nitrogens with zero attached hydrogens (tertiary/aromatic N) is 2. The maximum Gasteiger partial charge on any atom is 0.511 e. The Balaban J connectivity index is 1.86. The Morgan fingerprint density at radius 1 is 1.18 bits per heavy atom. The fourth-order valence-electron chi connectivity index (χ4n) is 2.40. The molecule has 0 amide bonds. The Hall–Kier alpha value is -3.35. The van der Waals surface area contributed by atoms with Crippen molar-refractivity contribution in [2.24, 2.45) is 0 Å². The summed E-state index contributed by atoms with van der Waals surface area (Å²) >= 11 is 0. The van der Waals surface area contributed by atoms with Crippen molar-refractivity contribution in [2.45, 2.75) is 0 Å². The lowest BCUT2D eigenvalue weighted by Crippen LogP contribution is -2.03. The normalized spacial score (nSPS) is 11.1. The molecule has 4 aromatic rings. The third kappa shape index (κ3) is 1.96. The number of aromatic nitrogens is 4. The summed E-state index contributed by atoms with van der Waals surface area (Å²) < 4.78 is 4.75. The Labute approximate surface area is 123 Å². The van der Waals surface area contributed by atoms with Crippen LogP contribution in [0, 0.1) is 0 Å². The van der Waals surface area contributed by atoms with Gasteiger partial charge in [0.2, 0.25) is 0 Å². The van der Waals surface area contributed by atoms with Crippen molar-refractivity contribution in [2.75, 3.05) is 0 Å². The van der Waals surface area contributed by atoms with E-state index in [2.05, 4.69) is 19.9 Å². The minimum absolute atomic E-state index is 0.204. The first-order valence-electron chi connectivity index (χ1n) is 6.54. The predicted molar refractivity (Wildman–Crippen MR) is 79.8 cm³/mol. The maximum atomic E-state index is 10.7. The quantitative estimate of drug-likeness (QED) is 0.389. The van der Waals surface area contributed by atoms with Crippen molar-refractivity contribution in [1.29, 1.82) is 0 Å². The van der Waals surface area contributed by atoms with E-state index in [1.165, 1.54) is 0 Å². The number of nitrogens with one attached hydrogen (secondary N) is 2. The van der Waals surface area contributed by atoms with Crippen LogP contribution >= 0.6 is 0 Å². The molecule has 0 unspecified atom stereocenters. The fourth-order valence-corrected chi connectivity index (χ4v) is 2.40. The zero-order valence-electron chi connectivity index (χ0n) is 11.2. The number of H-pyrrole nitrogens is 2. The maximum absolute atomic E-state index is 10.7. The molecule has 2 heterocycles. The van der Waals surface area contributed by atoms with Crippen molar-refractivity contribution in [3.05, 3.63) is 42.7 Å². The highest BCUT2D eigenvalue weighted by Gasteiger charge is 2.12. The van der Waals surface area contributed by atoms with E-state index < -0.39 is 6.16 Å². The molecule has 0 saturated heterocycles. The van der Waals surface area contributed by atoms with Crippen LogP contribution in [0.25, 0.3) is 33.5 Å². The molecule has 0 bridgehead atoms. The molecule has 7 heteroatoms. The Morgan fingerprint density at radius 2 is 2.09 bits per heavy atom. The molecule has 0 saturated carbocycles. The van der Waals surface area contributed by atoms with E-state index in [-0.39, 0.29) is 5.75 Å². The van der Waals surface area contributed by atoms with Gasteiger partial charge in [0.25, 0.3) is 0 Å². The van der Waals surface area contributed by atoms with E-state index in [0.717, 1.165) is 16.6 Å². The lowest BCUT2D eigenvalue weighted by molar-refractivity contribution is 0.145. The number of fused-ring (bicyclic) bond motifs is 2. The number of para-hydroxylation sites is 1. The Morgan fingerprint density at radius 3 is 2.95 bits per heavy atom. The smallest absolute Gasteiger partial charge is 0.449 e. The number of ether oxygens (including phenoxy) is 1. The molecule has 4 rings (SSSR count). The van der Waals surface area contributed by atoms with Crippen LogP contribution in [-0.2, 0) is 0 Å². The van der Waals surface area contributed by atoms with Crippen LogP contribution in [0.4, 0.5) is 4.79 Å². The summed E-state index contributed by atoms with van der Waals surface area (Å²) in [6.07, 6.45) is 0.266. The lowest BCUT2D eigenvalue weighted by Gasteiger charge is -1.98. The average Bonchev–Trinajstić information content (AvgIpc) is 3.12. The van der Waals surface area contributed by atoms with Gasteiger partial charge in [0, 0.05) is 5.56 Å². The van der Waals surface area contributed by atoms with Crippen molar-refractivity contribution >= 4 is 28.2 Å². The van der Waals surface area contributed by atoms with E-state index in [1.54, 1.807) is 18.5 Å². The van der Waals surface area contributed by atoms with Gasteiger partial charge in [-0.25, -0.2) is 14.8 Å². The molecule has 2 aromatic carbocycles. The summed E-state index contributed by atoms with van der Waals surface area (Å²) in [6.45, 7) is 0. The van der Waals surface area contributed by atoms with Crippen LogP contribution in [0.2, 0.25) is 0 Å². The predicted octanol–water partition coefficient (Wildman–Crippen LogP) is 3.16. The topological polar surface area (TPSA) is 104 Å². The van der Waals surface area contributed by atoms with Gasteiger partial charge in [-0.2, -0.15) is 0 Å². The first-order valence-corrected chi connectivity index (χ1v) is 6.54. The Bertz CT molecular complexity index is 1000. The van der Waals surface area contributed by atoms with Crippen LogP contribution in [-0.4, -0.2) is 31.2 Å². The molecule has 0 aliphatic carbocycles. The van der Waals surface area contributed by atoms with E-state index in [9.17, 15) is 4.79 Å². The summed E-state index contributed by atoms with van der Waals surface area (Å²) in [4.78, 5) is 25.6. The molecule has 2 aromatic heterocycles. The van der Waals surface area contributed by atoms with Crippen molar-refractivity contribution < 1.29 is 14.6 Å². The monoisotopic (exact) mass is 294 g/mol. The molecule has 0 aliphatic heterocycles. The van der Waals surface area contributed by atoms with E-state index >= 15 is 0 Å². The van der Waals surface area contributed by atoms with Gasteiger partial charge in [-0.05, 0) is 30.3 Å². The standard InChI is InChI=1S/C15H10N4O3/c20-15(21)22-12-3-1-2-10-13(12)19-14(18-10)8-4-5-9-11(6-8)17-7-16-9/h1-7H,(H,16,17)(H,18,19)(H,20,21). The molecule has 108 valence electrons. The minimum atomic E-state index is -1.36. The largest absolute Gasteiger partial charge is 0.511 e. The van der Waals surface area contributed by atoms with Gasteiger partial charge in [-0.15, -0.1) is 0 Å². The number of carbonyl (C=O) groups is 1. The second-order valence-corrected chi connectivity index (χ2v) is 4.74. The summed E-state index contributed by atoms with van der Waals surface area (Å²) in [6, 6.07) is 10.8. The molecule has 0 atom stereocenters.